The molecule has 1 aromatic carbocycles. The number of aromatic nitrogens is 4. The second-order valence-electron chi connectivity index (χ2n) is 5.97. The van der Waals surface area contributed by atoms with E-state index in [0.29, 0.717) is 23.3 Å². The molecule has 134 valence electrons. The average molecular weight is 353 g/mol. The fourth-order valence-electron chi connectivity index (χ4n) is 2.64. The predicted molar refractivity (Wildman–Crippen MR) is 96.9 cm³/mol. The van der Waals surface area contributed by atoms with E-state index in [1.165, 1.54) is 21.7 Å². The first-order valence-corrected chi connectivity index (χ1v) is 8.31. The van der Waals surface area contributed by atoms with Crippen LogP contribution in [0.25, 0.3) is 10.9 Å². The quantitative estimate of drug-likeness (QED) is 0.742. The minimum absolute atomic E-state index is 0.119. The van der Waals surface area contributed by atoms with Crippen molar-refractivity contribution >= 4 is 16.8 Å². The van der Waals surface area contributed by atoms with Crippen LogP contribution in [-0.2, 0) is 13.1 Å². The summed E-state index contributed by atoms with van der Waals surface area (Å²) in [6, 6.07) is 9.75. The molecule has 0 aliphatic rings. The van der Waals surface area contributed by atoms with Gasteiger partial charge >= 0.3 is 0 Å². The number of rotatable bonds is 5. The third-order valence-corrected chi connectivity index (χ3v) is 3.92. The molecule has 0 bridgehead atoms. The molecule has 8 nitrogen and oxygen atoms in total. The van der Waals surface area contributed by atoms with Gasteiger partial charge in [-0.2, -0.15) is 5.10 Å². The van der Waals surface area contributed by atoms with Crippen molar-refractivity contribution in [1.82, 2.24) is 24.6 Å². The summed E-state index contributed by atoms with van der Waals surface area (Å²) in [5.41, 5.74) is 0.248. The number of nitrogens with zero attached hydrogens (tertiary/aromatic N) is 4. The van der Waals surface area contributed by atoms with Gasteiger partial charge in [-0.05, 0) is 24.6 Å². The van der Waals surface area contributed by atoms with Gasteiger partial charge in [-0.15, -0.1) is 0 Å². The van der Waals surface area contributed by atoms with E-state index in [-0.39, 0.29) is 29.3 Å². The standard InChI is InChI=1S/C18H19N5O3/c1-3-10-23-16(24)9-8-14(21-23)18(26)22(2)11-15-19-13-7-5-4-6-12(13)17(25)20-15/h4-9H,3,10-11H2,1-2H3,(H,19,20,25). The lowest BCUT2D eigenvalue weighted by molar-refractivity contribution is 0.0772. The van der Waals surface area contributed by atoms with Crippen LogP contribution in [0.3, 0.4) is 0 Å². The van der Waals surface area contributed by atoms with Crippen LogP contribution in [0, 0.1) is 0 Å². The number of amides is 1. The number of aryl methyl sites for hydroxylation is 1. The minimum atomic E-state index is -0.356. The van der Waals surface area contributed by atoms with Gasteiger partial charge in [0.05, 0.1) is 17.4 Å². The molecular formula is C18H19N5O3. The number of nitrogens with one attached hydrogen (secondary N) is 1. The Kier molecular flexibility index (Phi) is 4.92. The summed E-state index contributed by atoms with van der Waals surface area (Å²) in [6.07, 6.45) is 0.739. The summed E-state index contributed by atoms with van der Waals surface area (Å²) in [5.74, 6) is 0.0251. The number of carbonyl (C=O) groups is 1. The number of hydrogen-bond acceptors (Lipinski definition) is 5. The SMILES string of the molecule is CCCn1nc(C(=O)N(C)Cc2nc3ccccc3c(=O)[nH]2)ccc1=O. The number of aromatic amines is 1. The molecular weight excluding hydrogens is 334 g/mol. The Morgan fingerprint density at radius 2 is 1.96 bits per heavy atom. The van der Waals surface area contributed by atoms with Gasteiger partial charge in [-0.3, -0.25) is 14.4 Å². The highest BCUT2D eigenvalue weighted by Gasteiger charge is 2.16. The Bertz CT molecular complexity index is 1070. The molecule has 26 heavy (non-hydrogen) atoms. The van der Waals surface area contributed by atoms with Crippen LogP contribution in [0.1, 0.15) is 29.7 Å². The zero-order valence-corrected chi connectivity index (χ0v) is 14.6. The van der Waals surface area contributed by atoms with Gasteiger partial charge in [0.15, 0.2) is 0 Å². The van der Waals surface area contributed by atoms with E-state index < -0.39 is 0 Å². The first kappa shape index (κ1) is 17.5. The highest BCUT2D eigenvalue weighted by Crippen LogP contribution is 2.08. The molecule has 0 aliphatic carbocycles. The third kappa shape index (κ3) is 3.53. The number of fused-ring (bicyclic) bond motifs is 1. The lowest BCUT2D eigenvalue weighted by Gasteiger charge is -2.16. The maximum absolute atomic E-state index is 12.6. The number of para-hydroxylation sites is 1. The number of hydrogen-bond donors (Lipinski definition) is 1. The number of benzene rings is 1. The van der Waals surface area contributed by atoms with E-state index in [4.69, 9.17) is 0 Å². The van der Waals surface area contributed by atoms with Crippen molar-refractivity contribution in [3.05, 3.63) is 68.6 Å². The minimum Gasteiger partial charge on any atom is -0.333 e. The Labute approximate surface area is 149 Å². The van der Waals surface area contributed by atoms with E-state index in [0.717, 1.165) is 6.42 Å². The van der Waals surface area contributed by atoms with Crippen molar-refractivity contribution < 1.29 is 4.79 Å². The topological polar surface area (TPSA) is 101 Å². The molecule has 0 unspecified atom stereocenters. The molecule has 0 atom stereocenters. The van der Waals surface area contributed by atoms with Crippen molar-refractivity contribution in [3.63, 3.8) is 0 Å². The van der Waals surface area contributed by atoms with Crippen molar-refractivity contribution in [3.8, 4) is 0 Å². The Hall–Kier alpha value is -3.29. The van der Waals surface area contributed by atoms with E-state index in [2.05, 4.69) is 15.1 Å². The zero-order valence-electron chi connectivity index (χ0n) is 14.6. The molecule has 3 rings (SSSR count). The molecule has 3 aromatic rings. The second-order valence-corrected chi connectivity index (χ2v) is 5.97. The van der Waals surface area contributed by atoms with Gasteiger partial charge in [-0.25, -0.2) is 9.67 Å². The normalized spacial score (nSPS) is 10.8. The van der Waals surface area contributed by atoms with Crippen molar-refractivity contribution in [2.45, 2.75) is 26.4 Å². The number of H-pyrrole nitrogens is 1. The molecule has 1 amide bonds. The summed E-state index contributed by atoms with van der Waals surface area (Å²) >= 11 is 0. The van der Waals surface area contributed by atoms with Crippen LogP contribution in [-0.4, -0.2) is 37.6 Å². The second kappa shape index (κ2) is 7.30. The van der Waals surface area contributed by atoms with E-state index in [9.17, 15) is 14.4 Å². The molecule has 0 saturated carbocycles. The summed E-state index contributed by atoms with van der Waals surface area (Å²) < 4.78 is 1.28. The first-order chi connectivity index (χ1) is 12.5. The van der Waals surface area contributed by atoms with Crippen LogP contribution in [0.2, 0.25) is 0 Å². The smallest absolute Gasteiger partial charge is 0.274 e. The van der Waals surface area contributed by atoms with Gasteiger partial charge in [0.25, 0.3) is 17.0 Å². The van der Waals surface area contributed by atoms with Crippen molar-refractivity contribution in [2.24, 2.45) is 0 Å². The zero-order chi connectivity index (χ0) is 18.7. The van der Waals surface area contributed by atoms with Crippen molar-refractivity contribution in [2.75, 3.05) is 7.05 Å². The maximum Gasteiger partial charge on any atom is 0.274 e. The van der Waals surface area contributed by atoms with E-state index >= 15 is 0 Å². The van der Waals surface area contributed by atoms with Crippen molar-refractivity contribution in [1.29, 1.82) is 0 Å². The average Bonchev–Trinajstić information content (AvgIpc) is 2.63. The molecule has 0 saturated heterocycles. The van der Waals surface area contributed by atoms with Gasteiger partial charge in [0, 0.05) is 19.7 Å². The summed E-state index contributed by atoms with van der Waals surface area (Å²) in [6.45, 7) is 2.49. The monoisotopic (exact) mass is 353 g/mol. The summed E-state index contributed by atoms with van der Waals surface area (Å²) in [4.78, 5) is 44.9. The van der Waals surface area contributed by atoms with Crippen LogP contribution in [0.15, 0.2) is 46.0 Å². The van der Waals surface area contributed by atoms with Gasteiger partial charge in [-0.1, -0.05) is 19.1 Å². The fraction of sp³-hybridized carbons (Fsp3) is 0.278. The lowest BCUT2D eigenvalue weighted by atomic mass is 10.2. The number of carbonyl (C=O) groups excluding carboxylic acids is 1. The molecule has 0 aliphatic heterocycles. The third-order valence-electron chi connectivity index (χ3n) is 3.92. The van der Waals surface area contributed by atoms with Crippen LogP contribution < -0.4 is 11.1 Å². The molecule has 0 spiro atoms. The highest BCUT2D eigenvalue weighted by molar-refractivity contribution is 5.91. The first-order valence-electron chi connectivity index (χ1n) is 8.31. The molecule has 8 heteroatoms. The van der Waals surface area contributed by atoms with Crippen LogP contribution >= 0.6 is 0 Å². The van der Waals surface area contributed by atoms with Crippen LogP contribution in [0.5, 0.6) is 0 Å². The Morgan fingerprint density at radius 1 is 1.19 bits per heavy atom. The predicted octanol–water partition coefficient (Wildman–Crippen LogP) is 1.16. The molecule has 0 radical (unpaired) electrons. The molecule has 1 N–H and O–H groups in total. The van der Waals surface area contributed by atoms with Gasteiger partial charge in [0.2, 0.25) is 0 Å². The highest BCUT2D eigenvalue weighted by atomic mass is 16.2. The van der Waals surface area contributed by atoms with Crippen LogP contribution in [0.4, 0.5) is 0 Å². The Morgan fingerprint density at radius 3 is 2.73 bits per heavy atom. The van der Waals surface area contributed by atoms with E-state index in [1.807, 2.05) is 6.92 Å². The van der Waals surface area contributed by atoms with Gasteiger partial charge in [0.1, 0.15) is 11.5 Å². The summed E-state index contributed by atoms with van der Waals surface area (Å²) in [5, 5.41) is 4.61. The summed E-state index contributed by atoms with van der Waals surface area (Å²) in [7, 11) is 1.59. The maximum atomic E-state index is 12.6. The fourth-order valence-corrected chi connectivity index (χ4v) is 2.64. The molecule has 0 fully saturated rings. The molecule has 2 aromatic heterocycles. The molecule has 2 heterocycles. The van der Waals surface area contributed by atoms with Gasteiger partial charge < -0.3 is 9.88 Å². The lowest BCUT2D eigenvalue weighted by Crippen LogP contribution is -2.32. The largest absolute Gasteiger partial charge is 0.333 e. The van der Waals surface area contributed by atoms with E-state index in [1.54, 1.807) is 31.3 Å². The Balaban J connectivity index is 1.85.